The Hall–Kier alpha value is -0.348. The molecule has 2 heteroatoms. The second kappa shape index (κ2) is 4.66. The Bertz CT molecular complexity index is 474. The van der Waals surface area contributed by atoms with Crippen molar-refractivity contribution in [1.82, 2.24) is 0 Å². The van der Waals surface area contributed by atoms with E-state index >= 15 is 0 Å². The molecule has 15 heavy (non-hydrogen) atoms. The molecule has 0 spiro atoms. The number of hydrogen-bond acceptors (Lipinski definition) is 0. The number of hydrogen-bond donors (Lipinski definition) is 0. The van der Waals surface area contributed by atoms with E-state index in [1.165, 1.54) is 19.8 Å². The first-order valence-corrected chi connectivity index (χ1v) is 7.07. The van der Waals surface area contributed by atoms with Gasteiger partial charge in [0.15, 0.2) is 0 Å². The maximum atomic E-state index is 5.86. The Balaban J connectivity index is 2.45. The molecule has 0 unspecified atom stereocenters. The molecular formula is C13H10ClPb. The van der Waals surface area contributed by atoms with Crippen LogP contribution in [0.1, 0.15) is 5.56 Å². The van der Waals surface area contributed by atoms with Gasteiger partial charge in [0.2, 0.25) is 0 Å². The van der Waals surface area contributed by atoms with Crippen LogP contribution in [0.15, 0.2) is 42.5 Å². The van der Waals surface area contributed by atoms with Crippen molar-refractivity contribution in [2.24, 2.45) is 0 Å². The molecule has 0 N–H and O–H groups in total. The third-order valence-electron chi connectivity index (χ3n) is 2.42. The molecule has 0 aliphatic rings. The fourth-order valence-corrected chi connectivity index (χ4v) is 2.50. The van der Waals surface area contributed by atoms with Crippen molar-refractivity contribution in [2.75, 3.05) is 0 Å². The fraction of sp³-hybridized carbons (Fsp3) is 0.0769. The molecule has 2 aromatic rings. The maximum absolute atomic E-state index is 5.86. The summed E-state index contributed by atoms with van der Waals surface area (Å²) in [6.45, 7) is 2.16. The van der Waals surface area contributed by atoms with Gasteiger partial charge in [-0.05, 0) is 0 Å². The molecule has 0 aliphatic carbocycles. The molecule has 0 aromatic heterocycles. The average molecular weight is 409 g/mol. The number of benzene rings is 2. The second-order valence-electron chi connectivity index (χ2n) is 3.54. The number of aryl methyl sites for hydroxylation is 1. The van der Waals surface area contributed by atoms with E-state index in [0.717, 1.165) is 30.8 Å². The fourth-order valence-electron chi connectivity index (χ4n) is 1.44. The molecule has 0 heterocycles. The van der Waals surface area contributed by atoms with Crippen LogP contribution in [0, 0.1) is 6.92 Å². The predicted octanol–water partition coefficient (Wildman–Crippen LogP) is 3.11. The van der Waals surface area contributed by atoms with Crippen LogP contribution in [0.2, 0.25) is 5.02 Å². The zero-order valence-electron chi connectivity index (χ0n) is 8.42. The monoisotopic (exact) mass is 409 g/mol. The number of halogens is 1. The minimum atomic E-state index is 0.789. The van der Waals surface area contributed by atoms with Crippen molar-refractivity contribution in [3.8, 4) is 11.1 Å². The Morgan fingerprint density at radius 1 is 0.933 bits per heavy atom. The molecule has 0 atom stereocenters. The van der Waals surface area contributed by atoms with Crippen LogP contribution >= 0.6 is 11.6 Å². The van der Waals surface area contributed by atoms with Gasteiger partial charge in [0.05, 0.1) is 0 Å². The zero-order chi connectivity index (χ0) is 10.8. The van der Waals surface area contributed by atoms with E-state index in [9.17, 15) is 0 Å². The van der Waals surface area contributed by atoms with Crippen molar-refractivity contribution < 1.29 is 0 Å². The third-order valence-corrected chi connectivity index (χ3v) is 4.76. The van der Waals surface area contributed by atoms with E-state index in [0.29, 0.717) is 0 Å². The van der Waals surface area contributed by atoms with Crippen LogP contribution in [0.3, 0.4) is 0 Å². The first-order chi connectivity index (χ1) is 7.16. The molecule has 3 radical (unpaired) electrons. The predicted molar refractivity (Wildman–Crippen MR) is 67.0 cm³/mol. The van der Waals surface area contributed by atoms with Gasteiger partial charge >= 0.3 is 112 Å². The molecule has 0 amide bonds. The molecule has 0 nitrogen and oxygen atoms in total. The molecule has 73 valence electrons. The van der Waals surface area contributed by atoms with Crippen molar-refractivity contribution >= 4 is 40.5 Å². The first-order valence-electron chi connectivity index (χ1n) is 4.75. The van der Waals surface area contributed by atoms with Crippen molar-refractivity contribution in [1.29, 1.82) is 0 Å². The van der Waals surface area contributed by atoms with Crippen molar-refractivity contribution in [3.63, 3.8) is 0 Å². The zero-order valence-corrected chi connectivity index (χ0v) is 13.1. The quantitative estimate of drug-likeness (QED) is 0.636. The Labute approximate surface area is 111 Å². The molecule has 2 rings (SSSR count). The molecule has 0 bridgehead atoms. The summed E-state index contributed by atoms with van der Waals surface area (Å²) in [6.07, 6.45) is 0. The normalized spacial score (nSPS) is 10.3. The molecule has 0 saturated heterocycles. The van der Waals surface area contributed by atoms with Gasteiger partial charge in [-0.1, -0.05) is 0 Å². The second-order valence-corrected chi connectivity index (χ2v) is 6.07. The summed E-state index contributed by atoms with van der Waals surface area (Å²) in [4.78, 5) is 0. The van der Waals surface area contributed by atoms with Crippen LogP contribution in [0.25, 0.3) is 11.1 Å². The van der Waals surface area contributed by atoms with Crippen LogP contribution < -0.4 is 3.12 Å². The topological polar surface area (TPSA) is 0 Å². The number of rotatable bonds is 1. The van der Waals surface area contributed by atoms with Gasteiger partial charge in [0.25, 0.3) is 0 Å². The Kier molecular flexibility index (Phi) is 3.46. The summed E-state index contributed by atoms with van der Waals surface area (Å²) in [5.74, 6) is 0. The molecule has 2 aromatic carbocycles. The van der Waals surface area contributed by atoms with Crippen LogP contribution in [0.4, 0.5) is 0 Å². The van der Waals surface area contributed by atoms with Crippen molar-refractivity contribution in [2.45, 2.75) is 6.92 Å². The van der Waals surface area contributed by atoms with Crippen LogP contribution in [-0.4, -0.2) is 25.8 Å². The average Bonchev–Trinajstić information content (AvgIpc) is 2.23. The summed E-state index contributed by atoms with van der Waals surface area (Å²) >= 11 is 6.96. The summed E-state index contributed by atoms with van der Waals surface area (Å²) in [6, 6.07) is 14.6. The van der Waals surface area contributed by atoms with Gasteiger partial charge in [-0.25, -0.2) is 0 Å². The first kappa shape index (κ1) is 11.1. The van der Waals surface area contributed by atoms with Gasteiger partial charge in [-0.15, -0.1) is 0 Å². The molecule has 0 saturated carbocycles. The summed E-state index contributed by atoms with van der Waals surface area (Å²) in [5, 5.41) is 0.789. The Morgan fingerprint density at radius 2 is 1.53 bits per heavy atom. The molecule has 0 aliphatic heterocycles. The Morgan fingerprint density at radius 3 is 2.13 bits per heavy atom. The van der Waals surface area contributed by atoms with Crippen molar-refractivity contribution in [3.05, 3.63) is 53.1 Å². The van der Waals surface area contributed by atoms with Gasteiger partial charge in [0, 0.05) is 0 Å². The van der Waals surface area contributed by atoms with Gasteiger partial charge in [0.1, 0.15) is 0 Å². The van der Waals surface area contributed by atoms with E-state index in [1.54, 1.807) is 0 Å². The van der Waals surface area contributed by atoms with Gasteiger partial charge in [-0.3, -0.25) is 0 Å². The van der Waals surface area contributed by atoms with Crippen LogP contribution in [-0.2, 0) is 0 Å². The van der Waals surface area contributed by atoms with Gasteiger partial charge in [-0.2, -0.15) is 0 Å². The van der Waals surface area contributed by atoms with E-state index in [-0.39, 0.29) is 0 Å². The minimum absolute atomic E-state index is 0.789. The summed E-state index contributed by atoms with van der Waals surface area (Å²) < 4.78 is 1.46. The summed E-state index contributed by atoms with van der Waals surface area (Å²) in [7, 11) is 0. The third kappa shape index (κ3) is 2.61. The molecular weight excluding hydrogens is 399 g/mol. The van der Waals surface area contributed by atoms with E-state index < -0.39 is 0 Å². The van der Waals surface area contributed by atoms with Crippen LogP contribution in [0.5, 0.6) is 0 Å². The van der Waals surface area contributed by atoms with E-state index in [2.05, 4.69) is 37.3 Å². The SMILES string of the molecule is Cc1ccc(-c2ccc(Cl)cc2)c[c]1[Pb]. The molecule has 0 fully saturated rings. The summed E-state index contributed by atoms with van der Waals surface area (Å²) in [5.41, 5.74) is 3.90. The standard InChI is InChI=1S/C13H10Cl.Pb/c1-10-2-4-11(5-3-10)12-6-8-13(14)9-7-12;/h2,4-9H,1H3;. The van der Waals surface area contributed by atoms with Gasteiger partial charge < -0.3 is 0 Å². The van der Waals surface area contributed by atoms with E-state index in [1.807, 2.05) is 12.1 Å². The van der Waals surface area contributed by atoms with E-state index in [4.69, 9.17) is 11.6 Å².